The molecule has 0 radical (unpaired) electrons. The molecule has 0 atom stereocenters. The maximum absolute atomic E-state index is 12.4. The summed E-state index contributed by atoms with van der Waals surface area (Å²) < 4.78 is 1.37. The first-order valence-electron chi connectivity index (χ1n) is 8.31. The van der Waals surface area contributed by atoms with Gasteiger partial charge in [0.1, 0.15) is 11.4 Å². The summed E-state index contributed by atoms with van der Waals surface area (Å²) in [4.78, 5) is 26.2. The van der Waals surface area contributed by atoms with E-state index in [4.69, 9.17) is 0 Å². The Balaban J connectivity index is 1.64. The van der Waals surface area contributed by atoms with Gasteiger partial charge in [-0.2, -0.15) is 5.10 Å². The van der Waals surface area contributed by atoms with E-state index in [1.807, 2.05) is 0 Å². The van der Waals surface area contributed by atoms with Crippen LogP contribution < -0.4 is 10.6 Å². The van der Waals surface area contributed by atoms with E-state index in [0.717, 1.165) is 0 Å². The molecular weight excluding hydrogens is 338 g/mol. The van der Waals surface area contributed by atoms with Crippen molar-refractivity contribution in [3.05, 3.63) is 36.0 Å². The summed E-state index contributed by atoms with van der Waals surface area (Å²) in [5.41, 5.74) is 0.714. The molecule has 1 aromatic heterocycles. The van der Waals surface area contributed by atoms with E-state index < -0.39 is 5.91 Å². The first kappa shape index (κ1) is 17.7. The summed E-state index contributed by atoms with van der Waals surface area (Å²) in [5.74, 6) is -0.0933. The van der Waals surface area contributed by atoms with Crippen molar-refractivity contribution in [3.8, 4) is 5.75 Å². The summed E-state index contributed by atoms with van der Waals surface area (Å²) >= 11 is 0. The number of nitrogens with one attached hydrogen (secondary N) is 2. The van der Waals surface area contributed by atoms with Gasteiger partial charge < -0.3 is 20.4 Å². The van der Waals surface area contributed by atoms with E-state index in [2.05, 4.69) is 15.7 Å². The van der Waals surface area contributed by atoms with Crippen molar-refractivity contribution in [1.29, 1.82) is 0 Å². The molecule has 0 unspecified atom stereocenters. The number of likely N-dealkylation sites (tertiary alicyclic amines) is 1. The first-order valence-corrected chi connectivity index (χ1v) is 8.31. The minimum absolute atomic E-state index is 0.0485. The van der Waals surface area contributed by atoms with Gasteiger partial charge in [0, 0.05) is 38.0 Å². The number of aromatic nitrogens is 2. The fourth-order valence-corrected chi connectivity index (χ4v) is 2.78. The molecule has 1 saturated heterocycles. The number of piperidine rings is 1. The van der Waals surface area contributed by atoms with Crippen molar-refractivity contribution in [1.82, 2.24) is 14.7 Å². The summed E-state index contributed by atoms with van der Waals surface area (Å²) in [6.45, 7) is 0.954. The van der Waals surface area contributed by atoms with Crippen molar-refractivity contribution in [2.24, 2.45) is 7.05 Å². The number of benzene rings is 1. The molecule has 4 N–H and O–H groups in total. The molecular formula is C17H21N5O4. The topological polar surface area (TPSA) is 120 Å². The number of phenolic OH excluding ortho intramolecular Hbond substituents is 1. The second kappa shape index (κ2) is 7.44. The van der Waals surface area contributed by atoms with Crippen molar-refractivity contribution >= 4 is 23.4 Å². The summed E-state index contributed by atoms with van der Waals surface area (Å²) in [7, 11) is 1.60. The molecule has 1 fully saturated rings. The van der Waals surface area contributed by atoms with Gasteiger partial charge in [0.2, 0.25) is 0 Å². The molecule has 0 aliphatic carbocycles. The number of phenols is 1. The Hall–Kier alpha value is -3.07. The molecule has 9 heteroatoms. The number of aromatic hydroxyl groups is 1. The van der Waals surface area contributed by atoms with Crippen molar-refractivity contribution in [3.63, 3.8) is 0 Å². The third-order valence-electron chi connectivity index (χ3n) is 4.20. The quantitative estimate of drug-likeness (QED) is 0.660. The average Bonchev–Trinajstić information content (AvgIpc) is 2.96. The predicted molar refractivity (Wildman–Crippen MR) is 95.1 cm³/mol. The molecule has 3 rings (SSSR count). The molecule has 0 bridgehead atoms. The number of hydrogen-bond donors (Lipinski definition) is 4. The van der Waals surface area contributed by atoms with E-state index in [1.54, 1.807) is 24.1 Å². The van der Waals surface area contributed by atoms with Crippen LogP contribution in [0, 0.1) is 0 Å². The van der Waals surface area contributed by atoms with Crippen LogP contribution in [0.25, 0.3) is 0 Å². The number of aliphatic hydroxyl groups excluding tert-OH is 1. The van der Waals surface area contributed by atoms with Crippen LogP contribution >= 0.6 is 0 Å². The lowest BCUT2D eigenvalue weighted by atomic mass is 10.1. The third-order valence-corrected chi connectivity index (χ3v) is 4.20. The number of hydrogen-bond acceptors (Lipinski definition) is 5. The molecule has 1 aliphatic heterocycles. The lowest BCUT2D eigenvalue weighted by Gasteiger charge is -2.29. The van der Waals surface area contributed by atoms with Crippen LogP contribution in [0.15, 0.2) is 30.3 Å². The van der Waals surface area contributed by atoms with Crippen molar-refractivity contribution < 1.29 is 19.8 Å². The van der Waals surface area contributed by atoms with Crippen LogP contribution in [0.4, 0.5) is 16.3 Å². The highest BCUT2D eigenvalue weighted by Gasteiger charge is 2.22. The van der Waals surface area contributed by atoms with Crippen LogP contribution in [0.2, 0.25) is 0 Å². The molecule has 0 saturated carbocycles. The first-order chi connectivity index (χ1) is 12.4. The van der Waals surface area contributed by atoms with E-state index in [-0.39, 0.29) is 29.4 Å². The molecule has 1 aromatic carbocycles. The van der Waals surface area contributed by atoms with Gasteiger partial charge in [0.25, 0.3) is 5.91 Å². The number of aryl methyl sites for hydroxylation is 1. The Morgan fingerprint density at radius 1 is 1.19 bits per heavy atom. The Bertz CT molecular complexity index is 811. The Labute approximate surface area is 150 Å². The van der Waals surface area contributed by atoms with E-state index >= 15 is 0 Å². The van der Waals surface area contributed by atoms with Crippen molar-refractivity contribution in [2.75, 3.05) is 23.7 Å². The van der Waals surface area contributed by atoms with Gasteiger partial charge in [0.15, 0.2) is 5.82 Å². The average molecular weight is 359 g/mol. The number of urea groups is 1. The smallest absolute Gasteiger partial charge is 0.323 e. The Morgan fingerprint density at radius 3 is 2.62 bits per heavy atom. The molecule has 138 valence electrons. The van der Waals surface area contributed by atoms with Gasteiger partial charge in [-0.3, -0.25) is 14.8 Å². The molecule has 3 amide bonds. The largest absolute Gasteiger partial charge is 0.508 e. The van der Waals surface area contributed by atoms with E-state index in [0.29, 0.717) is 31.6 Å². The van der Waals surface area contributed by atoms with E-state index in [1.165, 1.54) is 22.9 Å². The highest BCUT2D eigenvalue weighted by atomic mass is 16.3. The SMILES string of the molecule is Cn1nc(NC(=O)N2CCC(O)CC2)cc1C(=O)Nc1cccc(O)c1. The highest BCUT2D eigenvalue weighted by molar-refractivity contribution is 6.04. The zero-order chi connectivity index (χ0) is 18.7. The zero-order valence-electron chi connectivity index (χ0n) is 14.3. The number of carbonyl (C=O) groups is 2. The van der Waals surface area contributed by atoms with Gasteiger partial charge in [0.05, 0.1) is 6.10 Å². The fraction of sp³-hybridized carbons (Fsp3) is 0.353. The second-order valence-corrected chi connectivity index (χ2v) is 6.19. The maximum Gasteiger partial charge on any atom is 0.323 e. The normalized spacial score (nSPS) is 14.9. The maximum atomic E-state index is 12.4. The lowest BCUT2D eigenvalue weighted by Crippen LogP contribution is -2.42. The van der Waals surface area contributed by atoms with Crippen LogP contribution in [-0.2, 0) is 7.05 Å². The minimum atomic E-state index is -0.410. The lowest BCUT2D eigenvalue weighted by molar-refractivity contribution is 0.0970. The second-order valence-electron chi connectivity index (χ2n) is 6.19. The molecule has 2 aromatic rings. The zero-order valence-corrected chi connectivity index (χ0v) is 14.3. The number of rotatable bonds is 3. The standard InChI is InChI=1S/C17H21N5O4/c1-21-14(16(25)18-11-3-2-4-13(24)9-11)10-15(20-21)19-17(26)22-7-5-12(23)6-8-22/h2-4,9-10,12,23-24H,5-8H2,1H3,(H,18,25)(H,19,20,26). The number of carbonyl (C=O) groups excluding carboxylic acids is 2. The molecule has 2 heterocycles. The predicted octanol–water partition coefficient (Wildman–Crippen LogP) is 1.37. The fourth-order valence-electron chi connectivity index (χ4n) is 2.78. The number of aliphatic hydroxyl groups is 1. The van der Waals surface area contributed by atoms with Gasteiger partial charge in [-0.15, -0.1) is 0 Å². The molecule has 0 spiro atoms. The number of anilines is 2. The Morgan fingerprint density at radius 2 is 1.92 bits per heavy atom. The van der Waals surface area contributed by atoms with E-state index in [9.17, 15) is 19.8 Å². The van der Waals surface area contributed by atoms with Crippen LogP contribution in [0.3, 0.4) is 0 Å². The summed E-state index contributed by atoms with van der Waals surface area (Å²) in [6.07, 6.45) is 0.738. The number of nitrogens with zero attached hydrogens (tertiary/aromatic N) is 3. The van der Waals surface area contributed by atoms with Gasteiger partial charge in [-0.05, 0) is 25.0 Å². The van der Waals surface area contributed by atoms with Crippen LogP contribution in [0.1, 0.15) is 23.3 Å². The van der Waals surface area contributed by atoms with Crippen LogP contribution in [-0.4, -0.2) is 56.0 Å². The van der Waals surface area contributed by atoms with Gasteiger partial charge >= 0.3 is 6.03 Å². The molecule has 26 heavy (non-hydrogen) atoms. The Kier molecular flexibility index (Phi) is 5.08. The summed E-state index contributed by atoms with van der Waals surface area (Å²) in [6, 6.07) is 7.38. The highest BCUT2D eigenvalue weighted by Crippen LogP contribution is 2.18. The molecule has 9 nitrogen and oxygen atoms in total. The number of amides is 3. The van der Waals surface area contributed by atoms with Crippen LogP contribution in [0.5, 0.6) is 5.75 Å². The minimum Gasteiger partial charge on any atom is -0.508 e. The summed E-state index contributed by atoms with van der Waals surface area (Å²) in [5, 5.41) is 28.4. The van der Waals surface area contributed by atoms with Crippen molar-refractivity contribution in [2.45, 2.75) is 18.9 Å². The van der Waals surface area contributed by atoms with Gasteiger partial charge in [-0.25, -0.2) is 4.79 Å². The monoisotopic (exact) mass is 359 g/mol. The van der Waals surface area contributed by atoms with Gasteiger partial charge in [-0.1, -0.05) is 6.07 Å². The third kappa shape index (κ3) is 4.12. The molecule has 1 aliphatic rings.